The van der Waals surface area contributed by atoms with Crippen LogP contribution in [0.1, 0.15) is 5.56 Å². The summed E-state index contributed by atoms with van der Waals surface area (Å²) in [5.74, 6) is 1.64. The van der Waals surface area contributed by atoms with Gasteiger partial charge in [0.1, 0.15) is 0 Å². The molecule has 0 radical (unpaired) electrons. The van der Waals surface area contributed by atoms with Gasteiger partial charge in [-0.25, -0.2) is 0 Å². The van der Waals surface area contributed by atoms with Gasteiger partial charge < -0.3 is 14.2 Å². The summed E-state index contributed by atoms with van der Waals surface area (Å²) < 4.78 is 18.3. The minimum absolute atomic E-state index is 0.00463. The second kappa shape index (κ2) is 5.84. The molecule has 0 saturated heterocycles. The predicted molar refractivity (Wildman–Crippen MR) is 83.9 cm³/mol. The Hall–Kier alpha value is -2.28. The van der Waals surface area contributed by atoms with Crippen molar-refractivity contribution in [3.8, 4) is 17.2 Å². The lowest BCUT2D eigenvalue weighted by Crippen LogP contribution is -2.29. The fourth-order valence-electron chi connectivity index (χ4n) is 2.40. The van der Waals surface area contributed by atoms with Gasteiger partial charge in [-0.2, -0.15) is 0 Å². The molecule has 0 unspecified atom stereocenters. The summed E-state index contributed by atoms with van der Waals surface area (Å²) in [7, 11) is 4.69. The van der Waals surface area contributed by atoms with Crippen LogP contribution in [0.3, 0.4) is 0 Å². The Bertz CT molecular complexity index is 857. The average molecular weight is 320 g/mol. The van der Waals surface area contributed by atoms with Crippen LogP contribution in [0.5, 0.6) is 17.2 Å². The first-order chi connectivity index (χ1) is 10.7. The maximum absolute atomic E-state index is 12.3. The summed E-state index contributed by atoms with van der Waals surface area (Å²) in [6, 6.07) is 3.63. The largest absolute Gasteiger partial charge is 0.493 e. The monoisotopic (exact) mass is 320 g/mol. The van der Waals surface area contributed by atoms with Crippen molar-refractivity contribution in [1.82, 2.24) is 4.57 Å². The van der Waals surface area contributed by atoms with Crippen LogP contribution in [-0.2, 0) is 6.54 Å². The number of ether oxygens (including phenoxy) is 3. The van der Waals surface area contributed by atoms with E-state index in [9.17, 15) is 4.79 Å². The van der Waals surface area contributed by atoms with Crippen molar-refractivity contribution in [3.63, 3.8) is 0 Å². The lowest BCUT2D eigenvalue weighted by atomic mass is 10.1. The van der Waals surface area contributed by atoms with Crippen molar-refractivity contribution in [1.29, 1.82) is 0 Å². The highest BCUT2D eigenvalue weighted by Crippen LogP contribution is 2.38. The van der Waals surface area contributed by atoms with Crippen LogP contribution in [0, 0.1) is 0 Å². The minimum Gasteiger partial charge on any atom is -0.493 e. The van der Waals surface area contributed by atoms with E-state index in [1.165, 1.54) is 11.3 Å². The van der Waals surface area contributed by atoms with Crippen LogP contribution in [0.15, 0.2) is 21.9 Å². The summed E-state index contributed by atoms with van der Waals surface area (Å²) >= 11 is 1.40. The Labute approximate surface area is 130 Å². The third-order valence-electron chi connectivity index (χ3n) is 3.44. The molecule has 0 fully saturated rings. The van der Waals surface area contributed by atoms with E-state index in [0.717, 1.165) is 10.4 Å². The molecule has 0 N–H and O–H groups in total. The van der Waals surface area contributed by atoms with Crippen LogP contribution in [0.25, 0.3) is 6.08 Å². The summed E-state index contributed by atoms with van der Waals surface area (Å²) in [5, 5.41) is 0. The number of nitrogens with zero attached hydrogens (tertiary/aromatic N) is 2. The van der Waals surface area contributed by atoms with E-state index in [0.29, 0.717) is 34.9 Å². The number of thiazole rings is 1. The zero-order valence-electron chi connectivity index (χ0n) is 12.6. The highest BCUT2D eigenvalue weighted by atomic mass is 32.1. The predicted octanol–water partition coefficient (Wildman–Crippen LogP) is 0.398. The third-order valence-corrected chi connectivity index (χ3v) is 4.49. The second-order valence-electron chi connectivity index (χ2n) is 4.69. The smallest absolute Gasteiger partial charge is 0.270 e. The topological polar surface area (TPSA) is 62.1 Å². The van der Waals surface area contributed by atoms with E-state index < -0.39 is 0 Å². The van der Waals surface area contributed by atoms with Gasteiger partial charge in [-0.15, -0.1) is 0 Å². The van der Waals surface area contributed by atoms with Gasteiger partial charge in [0.15, 0.2) is 16.3 Å². The van der Waals surface area contributed by atoms with Crippen LogP contribution in [0.2, 0.25) is 0 Å². The summed E-state index contributed by atoms with van der Waals surface area (Å²) in [4.78, 5) is 17.4. The molecule has 0 amide bonds. The van der Waals surface area contributed by atoms with Gasteiger partial charge in [0, 0.05) is 6.54 Å². The fourth-order valence-corrected chi connectivity index (χ4v) is 3.43. The molecule has 1 aromatic carbocycles. The Kier molecular flexibility index (Phi) is 3.89. The molecule has 116 valence electrons. The fraction of sp³-hybridized carbons (Fsp3) is 0.333. The molecule has 0 atom stereocenters. The van der Waals surface area contributed by atoms with E-state index in [1.807, 2.05) is 18.2 Å². The quantitative estimate of drug-likeness (QED) is 0.818. The second-order valence-corrected chi connectivity index (χ2v) is 5.70. The maximum atomic E-state index is 12.3. The average Bonchev–Trinajstić information content (AvgIpc) is 3.10. The van der Waals surface area contributed by atoms with Crippen LogP contribution < -0.4 is 29.1 Å². The molecular weight excluding hydrogens is 304 g/mol. The van der Waals surface area contributed by atoms with Crippen LogP contribution in [0.4, 0.5) is 0 Å². The molecule has 0 saturated carbocycles. The van der Waals surface area contributed by atoms with E-state index in [-0.39, 0.29) is 5.56 Å². The number of rotatable bonds is 4. The van der Waals surface area contributed by atoms with Gasteiger partial charge in [-0.1, -0.05) is 11.3 Å². The van der Waals surface area contributed by atoms with Gasteiger partial charge in [-0.3, -0.25) is 14.4 Å². The molecule has 6 nitrogen and oxygen atoms in total. The number of fused-ring (bicyclic) bond motifs is 1. The third kappa shape index (κ3) is 2.37. The van der Waals surface area contributed by atoms with Crippen LogP contribution >= 0.6 is 11.3 Å². The molecule has 1 aromatic heterocycles. The van der Waals surface area contributed by atoms with E-state index in [2.05, 4.69) is 4.99 Å². The number of benzene rings is 1. The molecule has 3 rings (SSSR count). The summed E-state index contributed by atoms with van der Waals surface area (Å²) in [5.41, 5.74) is 0.808. The molecule has 2 heterocycles. The summed E-state index contributed by atoms with van der Waals surface area (Å²) in [6.07, 6.45) is 1.82. The van der Waals surface area contributed by atoms with Crippen molar-refractivity contribution < 1.29 is 14.2 Å². The highest BCUT2D eigenvalue weighted by Gasteiger charge is 2.13. The van der Waals surface area contributed by atoms with Crippen molar-refractivity contribution in [2.45, 2.75) is 6.54 Å². The Morgan fingerprint density at radius 2 is 1.86 bits per heavy atom. The highest BCUT2D eigenvalue weighted by molar-refractivity contribution is 7.07. The number of hydrogen-bond donors (Lipinski definition) is 0. The number of methoxy groups -OCH3 is 3. The Balaban J connectivity index is 2.17. The minimum atomic E-state index is -0.00463. The molecule has 1 aliphatic rings. The summed E-state index contributed by atoms with van der Waals surface area (Å²) in [6.45, 7) is 1.35. The van der Waals surface area contributed by atoms with Crippen molar-refractivity contribution >= 4 is 17.4 Å². The maximum Gasteiger partial charge on any atom is 0.270 e. The van der Waals surface area contributed by atoms with Crippen LogP contribution in [-0.4, -0.2) is 32.4 Å². The molecular formula is C15H16N2O4S. The number of aromatic nitrogens is 1. The normalized spacial score (nSPS) is 13.7. The first-order valence-electron chi connectivity index (χ1n) is 6.73. The van der Waals surface area contributed by atoms with Crippen molar-refractivity contribution in [2.75, 3.05) is 27.9 Å². The van der Waals surface area contributed by atoms with Crippen molar-refractivity contribution in [3.05, 3.63) is 37.4 Å². The Morgan fingerprint density at radius 3 is 2.41 bits per heavy atom. The van der Waals surface area contributed by atoms with Gasteiger partial charge in [0.05, 0.1) is 32.4 Å². The van der Waals surface area contributed by atoms with Gasteiger partial charge in [-0.05, 0) is 23.8 Å². The standard InChI is InChI=1S/C15H16N2O4S/c1-19-10-6-9(7-11(20-2)13(10)21-3)8-12-14(18)17-5-4-16-15(17)22-12/h6-8H,4-5H2,1-3H3/b12-8-. The Morgan fingerprint density at radius 1 is 1.18 bits per heavy atom. The van der Waals surface area contributed by atoms with E-state index >= 15 is 0 Å². The van der Waals surface area contributed by atoms with Gasteiger partial charge in [0.2, 0.25) is 5.75 Å². The molecule has 0 spiro atoms. The molecule has 22 heavy (non-hydrogen) atoms. The van der Waals surface area contributed by atoms with Gasteiger partial charge >= 0.3 is 0 Å². The zero-order valence-corrected chi connectivity index (χ0v) is 13.4. The van der Waals surface area contributed by atoms with Crippen molar-refractivity contribution in [2.24, 2.45) is 4.99 Å². The molecule has 1 aliphatic heterocycles. The SMILES string of the molecule is COc1cc(/C=c2\sc3n(c2=O)CCN=3)cc(OC)c1OC. The molecule has 0 aliphatic carbocycles. The van der Waals surface area contributed by atoms with E-state index in [1.54, 1.807) is 25.9 Å². The first kappa shape index (κ1) is 14.6. The molecule has 7 heteroatoms. The zero-order chi connectivity index (χ0) is 15.7. The van der Waals surface area contributed by atoms with E-state index in [4.69, 9.17) is 14.2 Å². The lowest BCUT2D eigenvalue weighted by Gasteiger charge is -2.12. The first-order valence-corrected chi connectivity index (χ1v) is 7.55. The van der Waals surface area contributed by atoms with Gasteiger partial charge in [0.25, 0.3) is 5.56 Å². The lowest BCUT2D eigenvalue weighted by molar-refractivity contribution is 0.324. The number of hydrogen-bond acceptors (Lipinski definition) is 6. The molecule has 2 aromatic rings. The molecule has 0 bridgehead atoms.